The van der Waals surface area contributed by atoms with Crippen LogP contribution in [0, 0.1) is 0 Å². The monoisotopic (exact) mass is 203 g/mol. The molecule has 0 aliphatic rings. The molecule has 0 rings (SSSR count). The summed E-state index contributed by atoms with van der Waals surface area (Å²) >= 11 is 0. The maximum Gasteiger partial charge on any atom is 0.222 e. The van der Waals surface area contributed by atoms with Crippen LogP contribution in [0.25, 0.3) is 0 Å². The fraction of sp³-hybridized carbons (Fsp3) is 0.900. The number of nitrogens with zero attached hydrogens (tertiary/aromatic N) is 1. The first-order valence-corrected chi connectivity index (χ1v) is 5.14. The highest BCUT2D eigenvalue weighted by molar-refractivity contribution is 5.76. The van der Waals surface area contributed by atoms with E-state index in [1.54, 1.807) is 4.90 Å². The zero-order valence-corrected chi connectivity index (χ0v) is 9.07. The fourth-order valence-corrected chi connectivity index (χ4v) is 1.29. The van der Waals surface area contributed by atoms with Gasteiger partial charge in [-0.1, -0.05) is 0 Å². The van der Waals surface area contributed by atoms with Gasteiger partial charge < -0.3 is 15.1 Å². The lowest BCUT2D eigenvalue weighted by molar-refractivity contribution is -0.133. The number of rotatable bonds is 7. The summed E-state index contributed by atoms with van der Waals surface area (Å²) in [5.41, 5.74) is 0. The molecule has 0 aliphatic carbocycles. The summed E-state index contributed by atoms with van der Waals surface area (Å²) < 4.78 is 0. The average Bonchev–Trinajstić information content (AvgIpc) is 2.14. The Balaban J connectivity index is 3.98. The number of aliphatic hydroxyl groups is 2. The standard InChI is InChI=1S/C10H21NO3/c1-9(2)11(6-4-8-13)10(14)5-3-7-12/h9,12-13H,3-8H2,1-2H3. The summed E-state index contributed by atoms with van der Waals surface area (Å²) in [7, 11) is 0. The summed E-state index contributed by atoms with van der Waals surface area (Å²) in [6.45, 7) is 4.66. The third kappa shape index (κ3) is 5.19. The molecule has 84 valence electrons. The SMILES string of the molecule is CC(C)N(CCCO)C(=O)CCCO. The lowest BCUT2D eigenvalue weighted by Gasteiger charge is -2.26. The molecule has 0 aromatic carbocycles. The first kappa shape index (κ1) is 13.4. The van der Waals surface area contributed by atoms with Crippen molar-refractivity contribution >= 4 is 5.91 Å². The van der Waals surface area contributed by atoms with Gasteiger partial charge in [-0.15, -0.1) is 0 Å². The predicted octanol–water partition coefficient (Wildman–Crippen LogP) is 0.378. The van der Waals surface area contributed by atoms with Crippen LogP contribution in [0.4, 0.5) is 0 Å². The summed E-state index contributed by atoms with van der Waals surface area (Å²) in [5, 5.41) is 17.3. The lowest BCUT2D eigenvalue weighted by Crippen LogP contribution is -2.38. The van der Waals surface area contributed by atoms with E-state index in [-0.39, 0.29) is 25.2 Å². The summed E-state index contributed by atoms with van der Waals surface area (Å²) in [4.78, 5) is 13.3. The Labute approximate surface area is 85.5 Å². The number of amides is 1. The number of carbonyl (C=O) groups is 1. The summed E-state index contributed by atoms with van der Waals surface area (Å²) in [6.07, 6.45) is 1.52. The molecular formula is C10H21NO3. The zero-order valence-electron chi connectivity index (χ0n) is 9.07. The molecule has 0 aromatic rings. The molecule has 4 heteroatoms. The summed E-state index contributed by atoms with van der Waals surface area (Å²) in [5.74, 6) is 0.0579. The van der Waals surface area contributed by atoms with Crippen LogP contribution in [0.1, 0.15) is 33.1 Å². The molecule has 0 aliphatic heterocycles. The van der Waals surface area contributed by atoms with E-state index in [1.165, 1.54) is 0 Å². The molecule has 0 atom stereocenters. The highest BCUT2D eigenvalue weighted by atomic mass is 16.3. The minimum Gasteiger partial charge on any atom is -0.396 e. The smallest absolute Gasteiger partial charge is 0.222 e. The molecule has 0 heterocycles. The van der Waals surface area contributed by atoms with Crippen LogP contribution in [0.15, 0.2) is 0 Å². The van der Waals surface area contributed by atoms with Crippen LogP contribution < -0.4 is 0 Å². The Kier molecular flexibility index (Phi) is 7.42. The van der Waals surface area contributed by atoms with Gasteiger partial charge in [0.25, 0.3) is 0 Å². The van der Waals surface area contributed by atoms with Crippen molar-refractivity contribution in [3.8, 4) is 0 Å². The van der Waals surface area contributed by atoms with Crippen molar-refractivity contribution in [2.24, 2.45) is 0 Å². The van der Waals surface area contributed by atoms with Gasteiger partial charge in [0.05, 0.1) is 0 Å². The number of hydrogen-bond donors (Lipinski definition) is 2. The highest BCUT2D eigenvalue weighted by Crippen LogP contribution is 2.04. The Morgan fingerprint density at radius 2 is 1.79 bits per heavy atom. The van der Waals surface area contributed by atoms with E-state index >= 15 is 0 Å². The van der Waals surface area contributed by atoms with Gasteiger partial charge >= 0.3 is 0 Å². The van der Waals surface area contributed by atoms with Crippen molar-refractivity contribution in [2.45, 2.75) is 39.2 Å². The maximum atomic E-state index is 11.6. The third-order valence-corrected chi connectivity index (χ3v) is 2.05. The van der Waals surface area contributed by atoms with Crippen molar-refractivity contribution in [3.63, 3.8) is 0 Å². The van der Waals surface area contributed by atoms with Crippen molar-refractivity contribution < 1.29 is 15.0 Å². The summed E-state index contributed by atoms with van der Waals surface area (Å²) in [6, 6.07) is 0.160. The van der Waals surface area contributed by atoms with E-state index in [2.05, 4.69) is 0 Å². The van der Waals surface area contributed by atoms with Crippen molar-refractivity contribution in [1.82, 2.24) is 4.90 Å². The molecule has 0 saturated heterocycles. The number of carbonyl (C=O) groups excluding carboxylic acids is 1. The average molecular weight is 203 g/mol. The predicted molar refractivity (Wildman–Crippen MR) is 54.9 cm³/mol. The Hall–Kier alpha value is -0.610. The third-order valence-electron chi connectivity index (χ3n) is 2.05. The van der Waals surface area contributed by atoms with Crippen molar-refractivity contribution in [2.75, 3.05) is 19.8 Å². The number of hydrogen-bond acceptors (Lipinski definition) is 3. The second-order valence-corrected chi connectivity index (χ2v) is 3.59. The van der Waals surface area contributed by atoms with E-state index in [4.69, 9.17) is 10.2 Å². The van der Waals surface area contributed by atoms with Crippen LogP contribution in [-0.4, -0.2) is 46.8 Å². The molecule has 2 N–H and O–H groups in total. The Bertz CT molecular complexity index is 159. The molecule has 0 fully saturated rings. The van der Waals surface area contributed by atoms with Gasteiger partial charge in [-0.05, 0) is 26.7 Å². The first-order valence-electron chi connectivity index (χ1n) is 5.14. The molecule has 0 unspecified atom stereocenters. The first-order chi connectivity index (χ1) is 6.63. The zero-order chi connectivity index (χ0) is 11.0. The van der Waals surface area contributed by atoms with Gasteiger partial charge in [0.1, 0.15) is 0 Å². The van der Waals surface area contributed by atoms with E-state index in [1.807, 2.05) is 13.8 Å². The second kappa shape index (κ2) is 7.76. The molecule has 1 amide bonds. The van der Waals surface area contributed by atoms with Crippen LogP contribution >= 0.6 is 0 Å². The number of aliphatic hydroxyl groups excluding tert-OH is 2. The minimum absolute atomic E-state index is 0.0532. The molecular weight excluding hydrogens is 182 g/mol. The minimum atomic E-state index is 0.0532. The van der Waals surface area contributed by atoms with Crippen LogP contribution in [0.5, 0.6) is 0 Å². The van der Waals surface area contributed by atoms with Crippen molar-refractivity contribution in [1.29, 1.82) is 0 Å². The molecule has 0 spiro atoms. The van der Waals surface area contributed by atoms with E-state index < -0.39 is 0 Å². The Morgan fingerprint density at radius 3 is 2.21 bits per heavy atom. The van der Waals surface area contributed by atoms with E-state index in [0.717, 1.165) is 0 Å². The van der Waals surface area contributed by atoms with Gasteiger partial charge in [-0.25, -0.2) is 0 Å². The van der Waals surface area contributed by atoms with E-state index in [0.29, 0.717) is 25.8 Å². The highest BCUT2D eigenvalue weighted by Gasteiger charge is 2.15. The van der Waals surface area contributed by atoms with Gasteiger partial charge in [-0.2, -0.15) is 0 Å². The van der Waals surface area contributed by atoms with Crippen LogP contribution in [0.3, 0.4) is 0 Å². The normalized spacial score (nSPS) is 10.6. The quantitative estimate of drug-likeness (QED) is 0.629. The molecule has 0 bridgehead atoms. The van der Waals surface area contributed by atoms with E-state index in [9.17, 15) is 4.79 Å². The molecule has 14 heavy (non-hydrogen) atoms. The topological polar surface area (TPSA) is 60.8 Å². The largest absolute Gasteiger partial charge is 0.396 e. The lowest BCUT2D eigenvalue weighted by atomic mass is 10.2. The van der Waals surface area contributed by atoms with Gasteiger partial charge in [-0.3, -0.25) is 4.79 Å². The van der Waals surface area contributed by atoms with Crippen molar-refractivity contribution in [3.05, 3.63) is 0 Å². The van der Waals surface area contributed by atoms with Crippen LogP contribution in [-0.2, 0) is 4.79 Å². The second-order valence-electron chi connectivity index (χ2n) is 3.59. The molecule has 0 aromatic heterocycles. The molecule has 0 saturated carbocycles. The maximum absolute atomic E-state index is 11.6. The fourth-order valence-electron chi connectivity index (χ4n) is 1.29. The molecule has 4 nitrogen and oxygen atoms in total. The Morgan fingerprint density at radius 1 is 1.21 bits per heavy atom. The van der Waals surface area contributed by atoms with Crippen LogP contribution in [0.2, 0.25) is 0 Å². The van der Waals surface area contributed by atoms with Gasteiger partial charge in [0, 0.05) is 32.2 Å². The molecule has 0 radical (unpaired) electrons. The van der Waals surface area contributed by atoms with Gasteiger partial charge in [0.2, 0.25) is 5.91 Å². The van der Waals surface area contributed by atoms with Gasteiger partial charge in [0.15, 0.2) is 0 Å².